The molecule has 1 unspecified atom stereocenters. The van der Waals surface area contributed by atoms with Crippen molar-refractivity contribution in [1.82, 2.24) is 5.32 Å². The molecule has 1 aliphatic heterocycles. The van der Waals surface area contributed by atoms with Crippen molar-refractivity contribution >= 4 is 17.4 Å². The SMILES string of the molecule is Cc1ccc(N(C)CCC2CSCCN2)cc1. The summed E-state index contributed by atoms with van der Waals surface area (Å²) < 4.78 is 0. The van der Waals surface area contributed by atoms with Gasteiger partial charge in [-0.25, -0.2) is 0 Å². The molecule has 1 N–H and O–H groups in total. The molecule has 0 aromatic heterocycles. The molecule has 2 nitrogen and oxygen atoms in total. The van der Waals surface area contributed by atoms with Crippen LogP contribution in [0.5, 0.6) is 0 Å². The normalized spacial score (nSPS) is 20.2. The van der Waals surface area contributed by atoms with Gasteiger partial charge in [0.2, 0.25) is 0 Å². The van der Waals surface area contributed by atoms with E-state index in [4.69, 9.17) is 0 Å². The summed E-state index contributed by atoms with van der Waals surface area (Å²) in [7, 11) is 2.18. The number of aryl methyl sites for hydroxylation is 1. The van der Waals surface area contributed by atoms with E-state index < -0.39 is 0 Å². The number of hydrogen-bond acceptors (Lipinski definition) is 3. The Morgan fingerprint density at radius 1 is 1.35 bits per heavy atom. The first-order chi connectivity index (χ1) is 8.25. The van der Waals surface area contributed by atoms with Crippen molar-refractivity contribution in [2.45, 2.75) is 19.4 Å². The maximum atomic E-state index is 3.59. The summed E-state index contributed by atoms with van der Waals surface area (Å²) in [4.78, 5) is 2.35. The van der Waals surface area contributed by atoms with Gasteiger partial charge in [0.1, 0.15) is 0 Å². The fourth-order valence-electron chi connectivity index (χ4n) is 2.08. The van der Waals surface area contributed by atoms with E-state index in [0.29, 0.717) is 6.04 Å². The van der Waals surface area contributed by atoms with E-state index in [1.54, 1.807) is 0 Å². The van der Waals surface area contributed by atoms with Gasteiger partial charge >= 0.3 is 0 Å². The first kappa shape index (κ1) is 12.8. The van der Waals surface area contributed by atoms with E-state index >= 15 is 0 Å². The maximum absolute atomic E-state index is 3.59. The average Bonchev–Trinajstić information content (AvgIpc) is 2.38. The summed E-state index contributed by atoms with van der Waals surface area (Å²) in [5, 5.41) is 3.59. The Bertz CT molecular complexity index is 331. The Morgan fingerprint density at radius 2 is 2.12 bits per heavy atom. The minimum atomic E-state index is 0.696. The fourth-order valence-corrected chi connectivity index (χ4v) is 3.08. The molecule has 1 atom stereocenters. The van der Waals surface area contributed by atoms with Crippen LogP contribution in [0.3, 0.4) is 0 Å². The van der Waals surface area contributed by atoms with Crippen LogP contribution < -0.4 is 10.2 Å². The first-order valence-corrected chi connectivity index (χ1v) is 7.50. The number of hydrogen-bond donors (Lipinski definition) is 1. The van der Waals surface area contributed by atoms with E-state index in [9.17, 15) is 0 Å². The molecule has 1 fully saturated rings. The third kappa shape index (κ3) is 3.93. The topological polar surface area (TPSA) is 15.3 Å². The molecule has 0 radical (unpaired) electrons. The summed E-state index contributed by atoms with van der Waals surface area (Å²) >= 11 is 2.07. The second kappa shape index (κ2) is 6.31. The van der Waals surface area contributed by atoms with Crippen molar-refractivity contribution in [3.63, 3.8) is 0 Å². The number of benzene rings is 1. The summed E-state index contributed by atoms with van der Waals surface area (Å²) in [6, 6.07) is 9.47. The molecule has 1 saturated heterocycles. The molecular formula is C14H22N2S. The molecule has 17 heavy (non-hydrogen) atoms. The van der Waals surface area contributed by atoms with Crippen LogP contribution in [0.2, 0.25) is 0 Å². The minimum Gasteiger partial charge on any atom is -0.375 e. The maximum Gasteiger partial charge on any atom is 0.0363 e. The quantitative estimate of drug-likeness (QED) is 0.884. The number of nitrogens with zero attached hydrogens (tertiary/aromatic N) is 1. The highest BCUT2D eigenvalue weighted by Crippen LogP contribution is 2.15. The van der Waals surface area contributed by atoms with E-state index in [1.807, 2.05) is 0 Å². The van der Waals surface area contributed by atoms with Crippen molar-refractivity contribution < 1.29 is 0 Å². The van der Waals surface area contributed by atoms with Gasteiger partial charge in [-0.15, -0.1) is 0 Å². The fraction of sp³-hybridized carbons (Fsp3) is 0.571. The molecule has 1 heterocycles. The number of rotatable bonds is 4. The van der Waals surface area contributed by atoms with Crippen LogP contribution in [0.1, 0.15) is 12.0 Å². The third-order valence-electron chi connectivity index (χ3n) is 3.29. The molecule has 94 valence electrons. The molecule has 0 amide bonds. The lowest BCUT2D eigenvalue weighted by Crippen LogP contribution is -2.39. The first-order valence-electron chi connectivity index (χ1n) is 6.34. The predicted octanol–water partition coefficient (Wildman–Crippen LogP) is 2.53. The molecule has 3 heteroatoms. The molecule has 2 rings (SSSR count). The Kier molecular flexibility index (Phi) is 4.75. The van der Waals surface area contributed by atoms with E-state index in [2.05, 4.69) is 60.2 Å². The monoisotopic (exact) mass is 250 g/mol. The van der Waals surface area contributed by atoms with Crippen LogP contribution in [0.4, 0.5) is 5.69 Å². The highest BCUT2D eigenvalue weighted by Gasteiger charge is 2.13. The molecular weight excluding hydrogens is 228 g/mol. The Morgan fingerprint density at radius 3 is 2.76 bits per heavy atom. The second-order valence-electron chi connectivity index (χ2n) is 4.77. The molecule has 0 spiro atoms. The second-order valence-corrected chi connectivity index (χ2v) is 5.92. The van der Waals surface area contributed by atoms with Crippen molar-refractivity contribution in [3.8, 4) is 0 Å². The van der Waals surface area contributed by atoms with Crippen LogP contribution in [0.15, 0.2) is 24.3 Å². The van der Waals surface area contributed by atoms with Gasteiger partial charge in [0.15, 0.2) is 0 Å². The van der Waals surface area contributed by atoms with Gasteiger partial charge in [-0.2, -0.15) is 11.8 Å². The molecule has 1 aliphatic rings. The lowest BCUT2D eigenvalue weighted by molar-refractivity contribution is 0.530. The zero-order valence-electron chi connectivity index (χ0n) is 10.8. The number of nitrogens with one attached hydrogen (secondary N) is 1. The van der Waals surface area contributed by atoms with Gasteiger partial charge in [-0.1, -0.05) is 17.7 Å². The largest absolute Gasteiger partial charge is 0.375 e. The highest BCUT2D eigenvalue weighted by molar-refractivity contribution is 7.99. The predicted molar refractivity (Wildman–Crippen MR) is 78.2 cm³/mol. The number of anilines is 1. The molecule has 0 aliphatic carbocycles. The highest BCUT2D eigenvalue weighted by atomic mass is 32.2. The Balaban J connectivity index is 1.80. The van der Waals surface area contributed by atoms with Crippen molar-refractivity contribution in [2.75, 3.05) is 36.5 Å². The average molecular weight is 250 g/mol. The van der Waals surface area contributed by atoms with Crippen LogP contribution in [-0.2, 0) is 0 Å². The lowest BCUT2D eigenvalue weighted by Gasteiger charge is -2.26. The van der Waals surface area contributed by atoms with E-state index in [1.165, 1.54) is 35.7 Å². The lowest BCUT2D eigenvalue weighted by atomic mass is 10.2. The Labute approximate surface area is 109 Å². The van der Waals surface area contributed by atoms with Crippen LogP contribution in [0, 0.1) is 6.92 Å². The molecule has 1 aromatic carbocycles. The number of thioether (sulfide) groups is 1. The van der Waals surface area contributed by atoms with Crippen LogP contribution in [0.25, 0.3) is 0 Å². The van der Waals surface area contributed by atoms with Crippen molar-refractivity contribution in [3.05, 3.63) is 29.8 Å². The van der Waals surface area contributed by atoms with Crippen molar-refractivity contribution in [2.24, 2.45) is 0 Å². The summed E-state index contributed by atoms with van der Waals surface area (Å²) in [6.45, 7) is 4.43. The Hall–Kier alpha value is -0.670. The van der Waals surface area contributed by atoms with Gasteiger partial charge in [-0.05, 0) is 25.5 Å². The third-order valence-corrected chi connectivity index (χ3v) is 4.42. The van der Waals surface area contributed by atoms with Crippen LogP contribution >= 0.6 is 11.8 Å². The summed E-state index contributed by atoms with van der Waals surface area (Å²) in [5.41, 5.74) is 2.64. The van der Waals surface area contributed by atoms with Gasteiger partial charge in [0, 0.05) is 43.4 Å². The molecule has 1 aromatic rings. The smallest absolute Gasteiger partial charge is 0.0363 e. The van der Waals surface area contributed by atoms with Gasteiger partial charge in [0.25, 0.3) is 0 Å². The van der Waals surface area contributed by atoms with Gasteiger partial charge in [-0.3, -0.25) is 0 Å². The van der Waals surface area contributed by atoms with Crippen LogP contribution in [-0.4, -0.2) is 37.7 Å². The van der Waals surface area contributed by atoms with E-state index in [0.717, 1.165) is 6.54 Å². The van der Waals surface area contributed by atoms with Gasteiger partial charge in [0.05, 0.1) is 0 Å². The zero-order chi connectivity index (χ0) is 12.1. The minimum absolute atomic E-state index is 0.696. The van der Waals surface area contributed by atoms with Gasteiger partial charge < -0.3 is 10.2 Å². The van der Waals surface area contributed by atoms with E-state index in [-0.39, 0.29) is 0 Å². The summed E-state index contributed by atoms with van der Waals surface area (Å²) in [5.74, 6) is 2.53. The zero-order valence-corrected chi connectivity index (χ0v) is 11.6. The molecule has 0 bridgehead atoms. The summed E-state index contributed by atoms with van der Waals surface area (Å²) in [6.07, 6.45) is 1.23. The molecule has 0 saturated carbocycles. The standard InChI is InChI=1S/C14H22N2S/c1-12-3-5-14(6-4-12)16(2)9-7-13-11-17-10-8-15-13/h3-6,13,15H,7-11H2,1-2H3. The van der Waals surface area contributed by atoms with Crippen molar-refractivity contribution in [1.29, 1.82) is 0 Å².